The van der Waals surface area contributed by atoms with Crippen LogP contribution in [0.4, 0.5) is 0 Å². The van der Waals surface area contributed by atoms with Crippen molar-refractivity contribution < 1.29 is 4.74 Å². The molecule has 1 aromatic carbocycles. The van der Waals surface area contributed by atoms with Gasteiger partial charge >= 0.3 is 0 Å². The van der Waals surface area contributed by atoms with E-state index < -0.39 is 0 Å². The molecule has 6 heteroatoms. The molecule has 1 N–H and O–H groups in total. The fraction of sp³-hybridized carbons (Fsp3) is 0.412. The number of aliphatic imine (C=N–C) groups is 1. The van der Waals surface area contributed by atoms with E-state index in [1.165, 1.54) is 5.56 Å². The Kier molecular flexibility index (Phi) is 5.62. The molecule has 0 amide bonds. The van der Waals surface area contributed by atoms with Crippen molar-refractivity contribution >= 4 is 5.96 Å². The largest absolute Gasteiger partial charge is 0.481 e. The Morgan fingerprint density at radius 1 is 1.30 bits per heavy atom. The zero-order valence-corrected chi connectivity index (χ0v) is 14.5. The van der Waals surface area contributed by atoms with Crippen LogP contribution in [0.5, 0.6) is 5.88 Å². The number of aryl methyl sites for hydroxylation is 2. The lowest BCUT2D eigenvalue weighted by Gasteiger charge is -2.18. The van der Waals surface area contributed by atoms with Gasteiger partial charge in [-0.05, 0) is 12.5 Å². The first-order chi connectivity index (χ1) is 11.0. The summed E-state index contributed by atoms with van der Waals surface area (Å²) < 4.78 is 7.18. The molecule has 2 rings (SSSR count). The van der Waals surface area contributed by atoms with E-state index in [-0.39, 0.29) is 0 Å². The van der Waals surface area contributed by atoms with Gasteiger partial charge in [0.15, 0.2) is 5.96 Å². The van der Waals surface area contributed by atoms with Gasteiger partial charge in [0.2, 0.25) is 5.88 Å². The number of nitrogens with one attached hydrogen (secondary N) is 1. The Bertz CT molecular complexity index is 661. The third-order valence-corrected chi connectivity index (χ3v) is 3.58. The predicted molar refractivity (Wildman–Crippen MR) is 92.6 cm³/mol. The highest BCUT2D eigenvalue weighted by Gasteiger charge is 2.14. The minimum atomic E-state index is 0.620. The Morgan fingerprint density at radius 3 is 2.61 bits per heavy atom. The van der Waals surface area contributed by atoms with E-state index in [0.29, 0.717) is 13.1 Å². The van der Waals surface area contributed by atoms with E-state index in [1.54, 1.807) is 11.8 Å². The van der Waals surface area contributed by atoms with Gasteiger partial charge < -0.3 is 15.0 Å². The molecule has 1 aromatic heterocycles. The Labute approximate surface area is 137 Å². The van der Waals surface area contributed by atoms with E-state index in [0.717, 1.165) is 23.1 Å². The van der Waals surface area contributed by atoms with Crippen LogP contribution < -0.4 is 10.1 Å². The molecular weight excluding hydrogens is 290 g/mol. The van der Waals surface area contributed by atoms with Gasteiger partial charge in [-0.25, -0.2) is 9.67 Å². The predicted octanol–water partition coefficient (Wildman–Crippen LogP) is 1.94. The number of ether oxygens (including phenoxy) is 1. The highest BCUT2D eigenvalue weighted by Crippen LogP contribution is 2.20. The number of nitrogens with zero attached hydrogens (tertiary/aromatic N) is 4. The summed E-state index contributed by atoms with van der Waals surface area (Å²) >= 11 is 0. The fourth-order valence-electron chi connectivity index (χ4n) is 2.41. The summed E-state index contributed by atoms with van der Waals surface area (Å²) in [7, 11) is 7.50. The van der Waals surface area contributed by atoms with Crippen LogP contribution in [-0.4, -0.2) is 41.8 Å². The van der Waals surface area contributed by atoms with Crippen molar-refractivity contribution in [1.29, 1.82) is 0 Å². The lowest BCUT2D eigenvalue weighted by molar-refractivity contribution is 0.368. The van der Waals surface area contributed by atoms with Gasteiger partial charge in [-0.2, -0.15) is 5.10 Å². The van der Waals surface area contributed by atoms with Gasteiger partial charge in [0.25, 0.3) is 0 Å². The molecule has 0 fully saturated rings. The van der Waals surface area contributed by atoms with Crippen LogP contribution >= 0.6 is 0 Å². The minimum absolute atomic E-state index is 0.620. The number of methoxy groups -OCH3 is 1. The second kappa shape index (κ2) is 7.67. The van der Waals surface area contributed by atoms with E-state index in [2.05, 4.69) is 27.5 Å². The first-order valence-corrected chi connectivity index (χ1v) is 7.59. The van der Waals surface area contributed by atoms with E-state index in [1.807, 2.05) is 51.2 Å². The molecule has 6 nitrogen and oxygen atoms in total. The fourth-order valence-corrected chi connectivity index (χ4v) is 2.41. The first kappa shape index (κ1) is 16.9. The quantitative estimate of drug-likeness (QED) is 0.677. The van der Waals surface area contributed by atoms with Gasteiger partial charge in [0.1, 0.15) is 0 Å². The minimum Gasteiger partial charge on any atom is -0.481 e. The molecular formula is C17H25N5O. The zero-order valence-electron chi connectivity index (χ0n) is 14.5. The summed E-state index contributed by atoms with van der Waals surface area (Å²) in [6, 6.07) is 10.2. The van der Waals surface area contributed by atoms with Crippen LogP contribution in [0.3, 0.4) is 0 Å². The molecule has 0 aliphatic rings. The zero-order chi connectivity index (χ0) is 16.8. The summed E-state index contributed by atoms with van der Waals surface area (Å²) in [4.78, 5) is 6.64. The molecule has 0 radical (unpaired) electrons. The van der Waals surface area contributed by atoms with Gasteiger partial charge in [0.05, 0.1) is 31.5 Å². The highest BCUT2D eigenvalue weighted by atomic mass is 16.5. The van der Waals surface area contributed by atoms with Crippen molar-refractivity contribution in [3.05, 3.63) is 47.2 Å². The normalized spacial score (nSPS) is 11.4. The smallest absolute Gasteiger partial charge is 0.216 e. The summed E-state index contributed by atoms with van der Waals surface area (Å²) in [6.45, 7) is 3.25. The molecule has 0 bridgehead atoms. The van der Waals surface area contributed by atoms with Gasteiger partial charge in [-0.1, -0.05) is 30.3 Å². The first-order valence-electron chi connectivity index (χ1n) is 7.59. The van der Waals surface area contributed by atoms with Gasteiger partial charge in [0, 0.05) is 21.1 Å². The molecule has 0 aliphatic carbocycles. The number of rotatable bonds is 5. The van der Waals surface area contributed by atoms with Crippen LogP contribution in [0.2, 0.25) is 0 Å². The molecule has 2 aromatic rings. The monoisotopic (exact) mass is 315 g/mol. The van der Waals surface area contributed by atoms with Crippen molar-refractivity contribution in [2.75, 3.05) is 21.2 Å². The van der Waals surface area contributed by atoms with Crippen molar-refractivity contribution in [2.45, 2.75) is 20.0 Å². The second-order valence-corrected chi connectivity index (χ2v) is 5.57. The SMILES string of the molecule is COc1c(CNC(=NCc2ccccc2)N(C)C)c(C)nn1C. The van der Waals surface area contributed by atoms with E-state index in [9.17, 15) is 0 Å². The third-order valence-electron chi connectivity index (χ3n) is 3.58. The summed E-state index contributed by atoms with van der Waals surface area (Å²) in [5.74, 6) is 1.61. The van der Waals surface area contributed by atoms with Gasteiger partial charge in [-0.3, -0.25) is 0 Å². The molecule has 0 saturated carbocycles. The number of hydrogen-bond donors (Lipinski definition) is 1. The van der Waals surface area contributed by atoms with E-state index >= 15 is 0 Å². The third kappa shape index (κ3) is 4.25. The molecule has 124 valence electrons. The molecule has 0 unspecified atom stereocenters. The maximum absolute atomic E-state index is 5.43. The van der Waals surface area contributed by atoms with Crippen LogP contribution in [0.25, 0.3) is 0 Å². The topological polar surface area (TPSA) is 54.7 Å². The average Bonchev–Trinajstić information content (AvgIpc) is 2.81. The Balaban J connectivity index is 2.09. The van der Waals surface area contributed by atoms with Crippen molar-refractivity contribution in [3.63, 3.8) is 0 Å². The van der Waals surface area contributed by atoms with Crippen molar-refractivity contribution in [1.82, 2.24) is 20.0 Å². The maximum Gasteiger partial charge on any atom is 0.216 e. The van der Waals surface area contributed by atoms with Crippen LogP contribution in [0.1, 0.15) is 16.8 Å². The molecule has 0 saturated heterocycles. The lowest BCUT2D eigenvalue weighted by atomic mass is 10.2. The summed E-state index contributed by atoms with van der Waals surface area (Å²) in [6.07, 6.45) is 0. The molecule has 23 heavy (non-hydrogen) atoms. The van der Waals surface area contributed by atoms with Crippen LogP contribution in [0.15, 0.2) is 35.3 Å². The van der Waals surface area contributed by atoms with E-state index in [4.69, 9.17) is 4.74 Å². The second-order valence-electron chi connectivity index (χ2n) is 5.57. The number of guanidine groups is 1. The molecule has 0 atom stereocenters. The molecule has 0 aliphatic heterocycles. The van der Waals surface area contributed by atoms with Crippen LogP contribution in [0, 0.1) is 6.92 Å². The highest BCUT2D eigenvalue weighted by molar-refractivity contribution is 5.79. The number of aromatic nitrogens is 2. The average molecular weight is 315 g/mol. The van der Waals surface area contributed by atoms with Gasteiger partial charge in [-0.15, -0.1) is 0 Å². The summed E-state index contributed by atoms with van der Waals surface area (Å²) in [5, 5.41) is 7.77. The maximum atomic E-state index is 5.43. The lowest BCUT2D eigenvalue weighted by Crippen LogP contribution is -2.36. The Morgan fingerprint density at radius 2 is 2.00 bits per heavy atom. The standard InChI is InChI=1S/C17H25N5O/c1-13-15(16(23-5)22(4)20-13)12-19-17(21(2)3)18-11-14-9-7-6-8-10-14/h6-10H,11-12H2,1-5H3,(H,18,19). The molecule has 1 heterocycles. The number of benzene rings is 1. The number of hydrogen-bond acceptors (Lipinski definition) is 3. The Hall–Kier alpha value is -2.50. The van der Waals surface area contributed by atoms with Crippen molar-refractivity contribution in [2.24, 2.45) is 12.0 Å². The molecule has 0 spiro atoms. The summed E-state index contributed by atoms with van der Waals surface area (Å²) in [5.41, 5.74) is 3.19. The van der Waals surface area contributed by atoms with Crippen LogP contribution in [-0.2, 0) is 20.1 Å². The van der Waals surface area contributed by atoms with Crippen molar-refractivity contribution in [3.8, 4) is 5.88 Å².